The van der Waals surface area contributed by atoms with Gasteiger partial charge in [-0.2, -0.15) is 0 Å². The third-order valence-electron chi connectivity index (χ3n) is 13.3. The third kappa shape index (κ3) is 53.2. The number of hydrogen-bond acceptors (Lipinski definition) is 15. The number of phosphoric acid groups is 2. The Morgan fingerprint density at radius 1 is 0.312 bits per heavy atom. The summed E-state index contributed by atoms with van der Waals surface area (Å²) in [4.78, 5) is 70.9. The molecular weight excluding hydrogens is 1030 g/mol. The highest BCUT2D eigenvalue weighted by atomic mass is 31.2. The minimum absolute atomic E-state index is 0.0991. The molecule has 77 heavy (non-hydrogen) atoms. The summed E-state index contributed by atoms with van der Waals surface area (Å²) in [5, 5.41) is 10.4. The van der Waals surface area contributed by atoms with Gasteiger partial charge < -0.3 is 33.8 Å². The van der Waals surface area contributed by atoms with Crippen LogP contribution in [-0.2, 0) is 65.4 Å². The first kappa shape index (κ1) is 75.1. The Hall–Kier alpha value is -1.94. The minimum atomic E-state index is -4.93. The average Bonchev–Trinajstić information content (AvgIpc) is 3.40. The van der Waals surface area contributed by atoms with Crippen molar-refractivity contribution in [3.63, 3.8) is 0 Å². The molecule has 19 heteroatoms. The minimum Gasteiger partial charge on any atom is -0.462 e. The van der Waals surface area contributed by atoms with Gasteiger partial charge in [0.2, 0.25) is 0 Å². The van der Waals surface area contributed by atoms with Gasteiger partial charge in [-0.3, -0.25) is 37.3 Å². The van der Waals surface area contributed by atoms with Gasteiger partial charge in [-0.15, -0.1) is 0 Å². The summed E-state index contributed by atoms with van der Waals surface area (Å²) in [7, 11) is -9.84. The van der Waals surface area contributed by atoms with Crippen LogP contribution in [-0.4, -0.2) is 96.7 Å². The van der Waals surface area contributed by atoms with Gasteiger partial charge in [-0.25, -0.2) is 9.13 Å². The number of unbranched alkanes of at least 4 members (excludes halogenated alkanes) is 33. The van der Waals surface area contributed by atoms with Gasteiger partial charge in [-0.1, -0.05) is 240 Å². The van der Waals surface area contributed by atoms with E-state index in [1.165, 1.54) is 135 Å². The van der Waals surface area contributed by atoms with Crippen molar-refractivity contribution in [2.45, 2.75) is 309 Å². The summed E-state index contributed by atoms with van der Waals surface area (Å²) in [6, 6.07) is 0. The highest BCUT2D eigenvalue weighted by Crippen LogP contribution is 2.45. The maximum Gasteiger partial charge on any atom is 0.472 e. The molecular formula is C58H112O17P2. The lowest BCUT2D eigenvalue weighted by molar-refractivity contribution is -0.161. The molecule has 0 aromatic heterocycles. The van der Waals surface area contributed by atoms with E-state index in [1.807, 2.05) is 0 Å². The fraction of sp³-hybridized carbons (Fsp3) is 0.931. The lowest BCUT2D eigenvalue weighted by atomic mass is 10.0. The van der Waals surface area contributed by atoms with Gasteiger partial charge in [-0.05, 0) is 25.7 Å². The van der Waals surface area contributed by atoms with E-state index in [2.05, 4.69) is 20.8 Å². The SMILES string of the molecule is CCCCCCCCCCCCCCCCCC(=O)OC[C@H](COP(=O)(O)OC[C@@H](O)COP(=O)(O)OC[C@@H](COC(=O)CCC)OC(=O)CCCCCCCC)OC(=O)CCCCCCCCCCCCCCCCC. The standard InChI is InChI=1S/C58H112O17P2/c1-5-9-12-15-18-20-22-24-26-28-30-32-34-37-39-43-56(61)69-49-54(75-58(63)45-41-38-35-33-31-29-27-25-23-21-19-16-13-10-6-2)51-73-77(66,67)71-47-52(59)46-70-76(64,65)72-50-53(48-68-55(60)42-8-4)74-57(62)44-40-36-17-14-11-7-3/h52-54,59H,5-51H2,1-4H3,(H,64,65)(H,66,67)/t52-,53+,54+/m0/s1. The van der Waals surface area contributed by atoms with Gasteiger partial charge in [0.25, 0.3) is 0 Å². The lowest BCUT2D eigenvalue weighted by Crippen LogP contribution is -2.30. The van der Waals surface area contributed by atoms with Crippen LogP contribution in [0, 0.1) is 0 Å². The van der Waals surface area contributed by atoms with Crippen LogP contribution in [0.25, 0.3) is 0 Å². The van der Waals surface area contributed by atoms with Crippen LogP contribution >= 0.6 is 15.6 Å². The molecule has 2 unspecified atom stereocenters. The molecule has 0 radical (unpaired) electrons. The van der Waals surface area contributed by atoms with Gasteiger partial charge in [0.15, 0.2) is 12.2 Å². The summed E-state index contributed by atoms with van der Waals surface area (Å²) >= 11 is 0. The summed E-state index contributed by atoms with van der Waals surface area (Å²) in [6.07, 6.45) is 38.2. The van der Waals surface area contributed by atoms with Crippen LogP contribution in [0.15, 0.2) is 0 Å². The van der Waals surface area contributed by atoms with Crippen LogP contribution in [0.3, 0.4) is 0 Å². The quantitative estimate of drug-likeness (QED) is 0.0222. The Morgan fingerprint density at radius 2 is 0.545 bits per heavy atom. The van der Waals surface area contributed by atoms with Gasteiger partial charge in [0.05, 0.1) is 26.4 Å². The number of carbonyl (C=O) groups is 4. The molecule has 17 nitrogen and oxygen atoms in total. The largest absolute Gasteiger partial charge is 0.472 e. The van der Waals surface area contributed by atoms with Crippen LogP contribution in [0.4, 0.5) is 0 Å². The molecule has 0 aromatic rings. The second-order valence-corrected chi connectivity index (χ2v) is 23.9. The number of aliphatic hydroxyl groups excluding tert-OH is 1. The molecule has 0 fully saturated rings. The molecule has 0 heterocycles. The van der Waals surface area contributed by atoms with E-state index in [9.17, 15) is 43.2 Å². The van der Waals surface area contributed by atoms with Crippen molar-refractivity contribution in [1.82, 2.24) is 0 Å². The topological polar surface area (TPSA) is 237 Å². The van der Waals surface area contributed by atoms with Crippen LogP contribution in [0.1, 0.15) is 291 Å². The third-order valence-corrected chi connectivity index (χ3v) is 15.2. The van der Waals surface area contributed by atoms with Crippen molar-refractivity contribution >= 4 is 39.5 Å². The smallest absolute Gasteiger partial charge is 0.462 e. The first-order chi connectivity index (χ1) is 37.2. The van der Waals surface area contributed by atoms with Gasteiger partial charge in [0.1, 0.15) is 19.3 Å². The molecule has 0 saturated carbocycles. The summed E-state index contributed by atoms with van der Waals surface area (Å²) in [6.45, 7) is 4.40. The van der Waals surface area contributed by atoms with Crippen molar-refractivity contribution in [3.8, 4) is 0 Å². The molecule has 0 amide bonds. The number of hydrogen-bond donors (Lipinski definition) is 3. The first-order valence-electron chi connectivity index (χ1n) is 30.8. The second-order valence-electron chi connectivity index (χ2n) is 21.0. The number of aliphatic hydroxyl groups is 1. The summed E-state index contributed by atoms with van der Waals surface area (Å²) in [5.74, 6) is -2.20. The Morgan fingerprint density at radius 3 is 0.818 bits per heavy atom. The molecule has 0 spiro atoms. The Balaban J connectivity index is 5.03. The van der Waals surface area contributed by atoms with E-state index in [4.69, 9.17) is 37.0 Å². The summed E-state index contributed by atoms with van der Waals surface area (Å²) in [5.41, 5.74) is 0. The maximum atomic E-state index is 12.9. The van der Waals surface area contributed by atoms with Crippen LogP contribution in [0.2, 0.25) is 0 Å². The predicted octanol–water partition coefficient (Wildman–Crippen LogP) is 15.6. The Bertz CT molecular complexity index is 1500. The van der Waals surface area contributed by atoms with E-state index in [1.54, 1.807) is 6.92 Å². The normalized spacial score (nSPS) is 14.3. The molecule has 0 aromatic carbocycles. The fourth-order valence-corrected chi connectivity index (χ4v) is 10.2. The molecule has 3 N–H and O–H groups in total. The van der Waals surface area contributed by atoms with E-state index in [-0.39, 0.29) is 25.7 Å². The number of ether oxygens (including phenoxy) is 4. The van der Waals surface area contributed by atoms with Crippen molar-refractivity contribution in [2.24, 2.45) is 0 Å². The zero-order chi connectivity index (χ0) is 56.9. The van der Waals surface area contributed by atoms with Crippen molar-refractivity contribution in [1.29, 1.82) is 0 Å². The van der Waals surface area contributed by atoms with E-state index in [0.29, 0.717) is 25.7 Å². The van der Waals surface area contributed by atoms with Crippen LogP contribution < -0.4 is 0 Å². The van der Waals surface area contributed by atoms with E-state index >= 15 is 0 Å². The number of carbonyl (C=O) groups excluding carboxylic acids is 4. The molecule has 0 bridgehead atoms. The average molecular weight is 1140 g/mol. The fourth-order valence-electron chi connectivity index (χ4n) is 8.61. The zero-order valence-corrected chi connectivity index (χ0v) is 50.7. The molecule has 0 aliphatic rings. The molecule has 5 atom stereocenters. The van der Waals surface area contributed by atoms with Crippen molar-refractivity contribution in [3.05, 3.63) is 0 Å². The second kappa shape index (κ2) is 53.4. The van der Waals surface area contributed by atoms with Crippen molar-refractivity contribution in [2.75, 3.05) is 39.6 Å². The Kier molecular flexibility index (Phi) is 52.0. The molecule has 0 aliphatic carbocycles. The molecule has 0 rings (SSSR count). The number of esters is 4. The molecule has 456 valence electrons. The maximum absolute atomic E-state index is 12.9. The zero-order valence-electron chi connectivity index (χ0n) is 48.9. The molecule has 0 aliphatic heterocycles. The number of rotatable bonds is 59. The molecule has 0 saturated heterocycles. The lowest BCUT2D eigenvalue weighted by Gasteiger charge is -2.21. The first-order valence-corrected chi connectivity index (χ1v) is 33.8. The monoisotopic (exact) mass is 1140 g/mol. The van der Waals surface area contributed by atoms with Crippen LogP contribution in [0.5, 0.6) is 0 Å². The number of phosphoric ester groups is 2. The highest BCUT2D eigenvalue weighted by Gasteiger charge is 2.30. The Labute approximate surface area is 467 Å². The van der Waals surface area contributed by atoms with Crippen molar-refractivity contribution < 1.29 is 80.2 Å². The van der Waals surface area contributed by atoms with Gasteiger partial charge >= 0.3 is 39.5 Å². The van der Waals surface area contributed by atoms with Gasteiger partial charge in [0, 0.05) is 25.7 Å². The van der Waals surface area contributed by atoms with E-state index in [0.717, 1.165) is 77.0 Å². The summed E-state index contributed by atoms with van der Waals surface area (Å²) < 4.78 is 67.0. The van der Waals surface area contributed by atoms with E-state index < -0.39 is 97.5 Å². The highest BCUT2D eigenvalue weighted by molar-refractivity contribution is 7.47. The predicted molar refractivity (Wildman–Crippen MR) is 303 cm³/mol.